The van der Waals surface area contributed by atoms with E-state index in [1.807, 2.05) is 0 Å². The first-order valence-electron chi connectivity index (χ1n) is 5.44. The monoisotopic (exact) mass is 273 g/mol. The summed E-state index contributed by atoms with van der Waals surface area (Å²) in [7, 11) is -3.16. The SMILES string of the molecule is Cc1ccc(C(=O)C(N)CCS(C)(=O)=O)cc1F. The highest BCUT2D eigenvalue weighted by Crippen LogP contribution is 2.12. The fourth-order valence-electron chi connectivity index (χ4n) is 1.43. The molecule has 0 saturated heterocycles. The van der Waals surface area contributed by atoms with Crippen molar-refractivity contribution in [3.8, 4) is 0 Å². The van der Waals surface area contributed by atoms with E-state index in [4.69, 9.17) is 5.73 Å². The second kappa shape index (κ2) is 5.58. The Kier molecular flexibility index (Phi) is 4.59. The number of carbonyl (C=O) groups is 1. The van der Waals surface area contributed by atoms with Gasteiger partial charge in [-0.3, -0.25) is 4.79 Å². The minimum atomic E-state index is -3.16. The molecule has 100 valence electrons. The van der Waals surface area contributed by atoms with Crippen molar-refractivity contribution in [2.24, 2.45) is 5.73 Å². The van der Waals surface area contributed by atoms with Crippen molar-refractivity contribution >= 4 is 15.6 Å². The number of Topliss-reactive ketones (excluding diaryl/α,β-unsaturated/α-hetero) is 1. The molecule has 0 amide bonds. The van der Waals surface area contributed by atoms with Crippen LogP contribution >= 0.6 is 0 Å². The Morgan fingerprint density at radius 1 is 1.44 bits per heavy atom. The van der Waals surface area contributed by atoms with E-state index in [-0.39, 0.29) is 17.7 Å². The van der Waals surface area contributed by atoms with Gasteiger partial charge >= 0.3 is 0 Å². The predicted molar refractivity (Wildman–Crippen MR) is 67.8 cm³/mol. The van der Waals surface area contributed by atoms with Gasteiger partial charge in [-0.15, -0.1) is 0 Å². The van der Waals surface area contributed by atoms with Crippen molar-refractivity contribution in [3.05, 3.63) is 35.1 Å². The number of rotatable bonds is 5. The number of benzene rings is 1. The van der Waals surface area contributed by atoms with Gasteiger partial charge in [-0.25, -0.2) is 12.8 Å². The van der Waals surface area contributed by atoms with Gasteiger partial charge in [0.2, 0.25) is 0 Å². The third kappa shape index (κ3) is 4.19. The Bertz CT molecular complexity index is 554. The second-order valence-corrected chi connectivity index (χ2v) is 6.61. The number of ketones is 1. The van der Waals surface area contributed by atoms with Crippen LogP contribution in [0.2, 0.25) is 0 Å². The maximum absolute atomic E-state index is 13.3. The normalized spacial score (nSPS) is 13.3. The Hall–Kier alpha value is -1.27. The van der Waals surface area contributed by atoms with E-state index in [1.165, 1.54) is 12.1 Å². The zero-order valence-electron chi connectivity index (χ0n) is 10.3. The van der Waals surface area contributed by atoms with Gasteiger partial charge in [0.05, 0.1) is 11.8 Å². The third-order valence-electron chi connectivity index (χ3n) is 2.59. The lowest BCUT2D eigenvalue weighted by molar-refractivity contribution is 0.0959. The number of halogens is 1. The van der Waals surface area contributed by atoms with E-state index in [9.17, 15) is 17.6 Å². The first-order chi connectivity index (χ1) is 8.20. The van der Waals surface area contributed by atoms with Crippen LogP contribution in [-0.2, 0) is 9.84 Å². The van der Waals surface area contributed by atoms with Crippen LogP contribution in [0, 0.1) is 12.7 Å². The summed E-state index contributed by atoms with van der Waals surface area (Å²) in [5, 5.41) is 0. The summed E-state index contributed by atoms with van der Waals surface area (Å²) in [6.45, 7) is 1.59. The second-order valence-electron chi connectivity index (χ2n) is 4.35. The molecule has 0 heterocycles. The number of hydrogen-bond acceptors (Lipinski definition) is 4. The molecule has 0 radical (unpaired) electrons. The van der Waals surface area contributed by atoms with E-state index in [0.29, 0.717) is 5.56 Å². The van der Waals surface area contributed by atoms with Crippen molar-refractivity contribution < 1.29 is 17.6 Å². The van der Waals surface area contributed by atoms with Crippen molar-refractivity contribution in [1.29, 1.82) is 0 Å². The van der Waals surface area contributed by atoms with Crippen molar-refractivity contribution in [3.63, 3.8) is 0 Å². The lowest BCUT2D eigenvalue weighted by atomic mass is 10.0. The fourth-order valence-corrected chi connectivity index (χ4v) is 2.11. The minimum Gasteiger partial charge on any atom is -0.321 e. The molecule has 1 unspecified atom stereocenters. The van der Waals surface area contributed by atoms with Crippen molar-refractivity contribution in [2.45, 2.75) is 19.4 Å². The van der Waals surface area contributed by atoms with Crippen LogP contribution in [-0.4, -0.2) is 32.3 Å². The van der Waals surface area contributed by atoms with Crippen molar-refractivity contribution in [2.75, 3.05) is 12.0 Å². The molecule has 1 rings (SSSR count). The molecule has 0 aliphatic carbocycles. The highest BCUT2D eigenvalue weighted by Gasteiger charge is 2.18. The summed E-state index contributed by atoms with van der Waals surface area (Å²) in [5.41, 5.74) is 6.21. The maximum Gasteiger partial charge on any atom is 0.179 e. The minimum absolute atomic E-state index is 0.0349. The van der Waals surface area contributed by atoms with Crippen LogP contribution < -0.4 is 5.73 Å². The largest absolute Gasteiger partial charge is 0.321 e. The molecule has 0 bridgehead atoms. The molecule has 0 fully saturated rings. The molecule has 1 aromatic carbocycles. The predicted octanol–water partition coefficient (Wildman–Crippen LogP) is 1.08. The van der Waals surface area contributed by atoms with Gasteiger partial charge in [0.1, 0.15) is 15.7 Å². The number of nitrogens with two attached hydrogens (primary N) is 1. The molecule has 1 aromatic rings. The first kappa shape index (κ1) is 14.8. The maximum atomic E-state index is 13.3. The summed E-state index contributed by atoms with van der Waals surface area (Å²) < 4.78 is 35.2. The summed E-state index contributed by atoms with van der Waals surface area (Å²) >= 11 is 0. The van der Waals surface area contributed by atoms with Gasteiger partial charge in [0.25, 0.3) is 0 Å². The van der Waals surface area contributed by atoms with Crippen LogP contribution in [0.15, 0.2) is 18.2 Å². The van der Waals surface area contributed by atoms with Gasteiger partial charge in [0, 0.05) is 11.8 Å². The molecule has 0 aromatic heterocycles. The zero-order chi connectivity index (χ0) is 13.9. The summed E-state index contributed by atoms with van der Waals surface area (Å²) in [5.74, 6) is -1.08. The standard InChI is InChI=1S/C12H16FNO3S/c1-8-3-4-9(7-10(8)13)12(15)11(14)5-6-18(2,16)17/h3-4,7,11H,5-6,14H2,1-2H3. The Labute approximate surface area is 106 Å². The number of aryl methyl sites for hydroxylation is 1. The highest BCUT2D eigenvalue weighted by molar-refractivity contribution is 7.90. The van der Waals surface area contributed by atoms with Gasteiger partial charge in [-0.2, -0.15) is 0 Å². The first-order valence-corrected chi connectivity index (χ1v) is 7.50. The molecule has 1 atom stereocenters. The van der Waals surface area contributed by atoms with E-state index < -0.39 is 27.5 Å². The van der Waals surface area contributed by atoms with E-state index >= 15 is 0 Å². The molecule has 0 aliphatic heterocycles. The fraction of sp³-hybridized carbons (Fsp3) is 0.417. The molecular weight excluding hydrogens is 257 g/mol. The van der Waals surface area contributed by atoms with Gasteiger partial charge in [-0.1, -0.05) is 12.1 Å². The van der Waals surface area contributed by atoms with Gasteiger partial charge in [0.15, 0.2) is 5.78 Å². The van der Waals surface area contributed by atoms with Crippen LogP contribution in [0.1, 0.15) is 22.3 Å². The highest BCUT2D eigenvalue weighted by atomic mass is 32.2. The average molecular weight is 273 g/mol. The molecule has 18 heavy (non-hydrogen) atoms. The third-order valence-corrected chi connectivity index (χ3v) is 3.57. The molecule has 4 nitrogen and oxygen atoms in total. The lowest BCUT2D eigenvalue weighted by Crippen LogP contribution is -2.32. The summed E-state index contributed by atoms with van der Waals surface area (Å²) in [4.78, 5) is 11.8. The van der Waals surface area contributed by atoms with Crippen molar-refractivity contribution in [1.82, 2.24) is 0 Å². The summed E-state index contributed by atoms with van der Waals surface area (Å²) in [6.07, 6.45) is 1.11. The smallest absolute Gasteiger partial charge is 0.179 e. The van der Waals surface area contributed by atoms with Crippen LogP contribution in [0.3, 0.4) is 0 Å². The Morgan fingerprint density at radius 2 is 2.06 bits per heavy atom. The number of sulfone groups is 1. The van der Waals surface area contributed by atoms with Crippen LogP contribution in [0.4, 0.5) is 4.39 Å². The topological polar surface area (TPSA) is 77.2 Å². The quantitative estimate of drug-likeness (QED) is 0.814. The summed E-state index contributed by atoms with van der Waals surface area (Å²) in [6, 6.07) is 3.17. The molecule has 0 spiro atoms. The molecular formula is C12H16FNO3S. The molecule has 2 N–H and O–H groups in total. The van der Waals surface area contributed by atoms with E-state index in [0.717, 1.165) is 12.3 Å². The molecule has 0 aliphatic rings. The van der Waals surface area contributed by atoms with E-state index in [1.54, 1.807) is 6.92 Å². The van der Waals surface area contributed by atoms with Gasteiger partial charge in [-0.05, 0) is 25.0 Å². The Balaban J connectivity index is 2.77. The number of carbonyl (C=O) groups excluding carboxylic acids is 1. The molecule has 0 saturated carbocycles. The van der Waals surface area contributed by atoms with E-state index in [2.05, 4.69) is 0 Å². The lowest BCUT2D eigenvalue weighted by Gasteiger charge is -2.10. The Morgan fingerprint density at radius 3 is 2.56 bits per heavy atom. The van der Waals surface area contributed by atoms with Gasteiger partial charge < -0.3 is 5.73 Å². The number of hydrogen-bond donors (Lipinski definition) is 1. The van der Waals surface area contributed by atoms with Crippen LogP contribution in [0.5, 0.6) is 0 Å². The van der Waals surface area contributed by atoms with Crippen LogP contribution in [0.25, 0.3) is 0 Å². The molecule has 6 heteroatoms. The zero-order valence-corrected chi connectivity index (χ0v) is 11.1. The average Bonchev–Trinajstić information content (AvgIpc) is 2.27.